The molecule has 0 saturated heterocycles. The lowest BCUT2D eigenvalue weighted by molar-refractivity contribution is -0.136. The molecule has 0 N–H and O–H groups in total. The lowest BCUT2D eigenvalue weighted by atomic mass is 9.91. The summed E-state index contributed by atoms with van der Waals surface area (Å²) in [5.74, 6) is 0. The van der Waals surface area contributed by atoms with Gasteiger partial charge in [-0.1, -0.05) is 17.6 Å². The highest BCUT2D eigenvalue weighted by atomic mass is 19.4. The zero-order chi connectivity index (χ0) is 11.1. The van der Waals surface area contributed by atoms with Gasteiger partial charge < -0.3 is 0 Å². The van der Waals surface area contributed by atoms with E-state index < -0.39 is 11.7 Å². The molecule has 0 atom stereocenters. The molecule has 0 bridgehead atoms. The third kappa shape index (κ3) is 1.69. The lowest BCUT2D eigenvalue weighted by Gasteiger charge is -2.10. The van der Waals surface area contributed by atoms with E-state index >= 15 is 0 Å². The maximum Gasteiger partial charge on any atom is 0.417 e. The second-order valence-corrected chi connectivity index (χ2v) is 3.33. The Morgan fingerprint density at radius 1 is 1.13 bits per heavy atom. The maximum atomic E-state index is 12.6. The molecule has 0 fully saturated rings. The van der Waals surface area contributed by atoms with Gasteiger partial charge in [-0.3, -0.25) is 4.98 Å². The number of halogens is 3. The number of nitrogens with zero attached hydrogens (tertiary/aromatic N) is 1. The number of alkyl halides is 3. The number of hydrogen-bond donors (Lipinski definition) is 0. The molecule has 5 heteroatoms. The van der Waals surface area contributed by atoms with Gasteiger partial charge in [0.15, 0.2) is 0 Å². The van der Waals surface area contributed by atoms with Crippen LogP contribution < -0.4 is 5.46 Å². The number of aromatic nitrogens is 1. The summed E-state index contributed by atoms with van der Waals surface area (Å²) in [6.45, 7) is 0. The molecule has 2 aromatic rings. The first-order valence-corrected chi connectivity index (χ1v) is 4.41. The van der Waals surface area contributed by atoms with Gasteiger partial charge in [0.05, 0.1) is 11.1 Å². The highest BCUT2D eigenvalue weighted by Gasteiger charge is 2.32. The van der Waals surface area contributed by atoms with Gasteiger partial charge in [0.1, 0.15) is 7.85 Å². The Labute approximate surface area is 85.3 Å². The first-order chi connectivity index (χ1) is 7.00. The van der Waals surface area contributed by atoms with E-state index in [1.54, 1.807) is 7.85 Å². The molecule has 0 aliphatic rings. The minimum Gasteiger partial charge on any atom is -0.257 e. The predicted octanol–water partition coefficient (Wildman–Crippen LogP) is 1.51. The van der Waals surface area contributed by atoms with Crippen molar-refractivity contribution in [2.24, 2.45) is 0 Å². The Morgan fingerprint density at radius 3 is 2.53 bits per heavy atom. The van der Waals surface area contributed by atoms with Gasteiger partial charge in [0, 0.05) is 11.6 Å². The molecule has 76 valence electrons. The Hall–Kier alpha value is -1.52. The summed E-state index contributed by atoms with van der Waals surface area (Å²) in [6, 6.07) is 5.49. The minimum atomic E-state index is -4.32. The SMILES string of the molecule is Bc1ccc(C(F)(F)F)c2cccnc12. The zero-order valence-electron chi connectivity index (χ0n) is 7.97. The molecule has 0 spiro atoms. The smallest absolute Gasteiger partial charge is 0.257 e. The molecule has 1 heterocycles. The van der Waals surface area contributed by atoms with Crippen molar-refractivity contribution in [3.8, 4) is 0 Å². The Bertz CT molecular complexity index is 507. The first kappa shape index (κ1) is 10.0. The molecule has 0 unspecified atom stereocenters. The average molecular weight is 209 g/mol. The highest BCUT2D eigenvalue weighted by molar-refractivity contribution is 6.38. The van der Waals surface area contributed by atoms with Crippen molar-refractivity contribution in [2.45, 2.75) is 6.18 Å². The summed E-state index contributed by atoms with van der Waals surface area (Å²) >= 11 is 0. The molecule has 1 aromatic carbocycles. The first-order valence-electron chi connectivity index (χ1n) is 4.41. The maximum absolute atomic E-state index is 12.6. The van der Waals surface area contributed by atoms with E-state index in [0.29, 0.717) is 5.52 Å². The van der Waals surface area contributed by atoms with Crippen LogP contribution in [0, 0.1) is 0 Å². The zero-order valence-corrected chi connectivity index (χ0v) is 7.97. The molecular weight excluding hydrogens is 202 g/mol. The van der Waals surface area contributed by atoms with E-state index in [0.717, 1.165) is 11.5 Å². The van der Waals surface area contributed by atoms with Crippen molar-refractivity contribution in [1.82, 2.24) is 4.98 Å². The van der Waals surface area contributed by atoms with Gasteiger partial charge >= 0.3 is 6.18 Å². The molecule has 1 aromatic heterocycles. The van der Waals surface area contributed by atoms with E-state index in [1.165, 1.54) is 24.4 Å². The van der Waals surface area contributed by atoms with Crippen molar-refractivity contribution < 1.29 is 13.2 Å². The number of hydrogen-bond acceptors (Lipinski definition) is 1. The van der Waals surface area contributed by atoms with Crippen LogP contribution >= 0.6 is 0 Å². The summed E-state index contributed by atoms with van der Waals surface area (Å²) in [5.41, 5.74) is 0.530. The summed E-state index contributed by atoms with van der Waals surface area (Å²) < 4.78 is 37.9. The van der Waals surface area contributed by atoms with Gasteiger partial charge in [-0.15, -0.1) is 0 Å². The second-order valence-electron chi connectivity index (χ2n) is 3.33. The van der Waals surface area contributed by atoms with E-state index in [2.05, 4.69) is 4.98 Å². The van der Waals surface area contributed by atoms with E-state index in [-0.39, 0.29) is 5.39 Å². The van der Waals surface area contributed by atoms with Gasteiger partial charge in [0.25, 0.3) is 0 Å². The largest absolute Gasteiger partial charge is 0.417 e. The summed E-state index contributed by atoms with van der Waals surface area (Å²) in [6.07, 6.45) is -2.83. The van der Waals surface area contributed by atoms with Crippen LogP contribution in [0.5, 0.6) is 0 Å². The second kappa shape index (κ2) is 3.26. The van der Waals surface area contributed by atoms with Crippen LogP contribution in [0.1, 0.15) is 5.56 Å². The molecule has 0 aliphatic heterocycles. The number of pyridine rings is 1. The molecular formula is C10H7BF3N. The van der Waals surface area contributed by atoms with Gasteiger partial charge in [-0.2, -0.15) is 13.2 Å². The Morgan fingerprint density at radius 2 is 1.87 bits per heavy atom. The molecule has 15 heavy (non-hydrogen) atoms. The molecule has 0 aliphatic carbocycles. The molecule has 2 rings (SSSR count). The van der Waals surface area contributed by atoms with Gasteiger partial charge in [0.2, 0.25) is 0 Å². The van der Waals surface area contributed by atoms with Gasteiger partial charge in [-0.25, -0.2) is 0 Å². The normalized spacial score (nSPS) is 11.9. The molecule has 0 amide bonds. The third-order valence-electron chi connectivity index (χ3n) is 2.28. The van der Waals surface area contributed by atoms with Gasteiger partial charge in [-0.05, 0) is 12.1 Å². The minimum absolute atomic E-state index is 0.157. The number of benzene rings is 1. The summed E-state index contributed by atoms with van der Waals surface area (Å²) in [5, 5.41) is 0.157. The average Bonchev–Trinajstić information content (AvgIpc) is 2.17. The van der Waals surface area contributed by atoms with Crippen LogP contribution in [-0.4, -0.2) is 12.8 Å². The summed E-state index contributed by atoms with van der Waals surface area (Å²) in [4.78, 5) is 3.95. The van der Waals surface area contributed by atoms with Crippen molar-refractivity contribution in [3.05, 3.63) is 36.0 Å². The lowest BCUT2D eigenvalue weighted by Crippen LogP contribution is -2.12. The standard InChI is InChI=1S/C10H7BF3N/c11-8-4-3-7(10(12,13)14)6-2-1-5-15-9(6)8/h1-5H,11H2. The molecule has 0 saturated carbocycles. The van der Waals surface area contributed by atoms with Crippen LogP contribution in [0.25, 0.3) is 10.9 Å². The quantitative estimate of drug-likeness (QED) is 0.599. The summed E-state index contributed by atoms with van der Waals surface area (Å²) in [7, 11) is 1.75. The van der Waals surface area contributed by atoms with Crippen LogP contribution in [0.15, 0.2) is 30.5 Å². The third-order valence-corrected chi connectivity index (χ3v) is 2.28. The van der Waals surface area contributed by atoms with Crippen LogP contribution in [0.3, 0.4) is 0 Å². The van der Waals surface area contributed by atoms with Crippen molar-refractivity contribution in [1.29, 1.82) is 0 Å². The van der Waals surface area contributed by atoms with Crippen molar-refractivity contribution in [2.75, 3.05) is 0 Å². The van der Waals surface area contributed by atoms with Crippen LogP contribution in [-0.2, 0) is 6.18 Å². The fourth-order valence-electron chi connectivity index (χ4n) is 1.56. The Kier molecular flexibility index (Phi) is 2.18. The monoisotopic (exact) mass is 209 g/mol. The number of fused-ring (bicyclic) bond motifs is 1. The Balaban J connectivity index is 2.84. The molecule has 1 nitrogen and oxygen atoms in total. The van der Waals surface area contributed by atoms with E-state index in [4.69, 9.17) is 0 Å². The topological polar surface area (TPSA) is 12.9 Å². The molecule has 0 radical (unpaired) electrons. The van der Waals surface area contributed by atoms with Crippen LogP contribution in [0.2, 0.25) is 0 Å². The highest BCUT2D eigenvalue weighted by Crippen LogP contribution is 2.33. The van der Waals surface area contributed by atoms with E-state index in [1.807, 2.05) is 0 Å². The fraction of sp³-hybridized carbons (Fsp3) is 0.100. The van der Waals surface area contributed by atoms with Crippen molar-refractivity contribution >= 4 is 24.2 Å². The fourth-order valence-corrected chi connectivity index (χ4v) is 1.56. The van der Waals surface area contributed by atoms with Crippen LogP contribution in [0.4, 0.5) is 13.2 Å². The van der Waals surface area contributed by atoms with Crippen molar-refractivity contribution in [3.63, 3.8) is 0 Å². The van der Waals surface area contributed by atoms with E-state index in [9.17, 15) is 13.2 Å². The number of rotatable bonds is 0. The predicted molar refractivity (Wildman–Crippen MR) is 54.9 cm³/mol.